The molecule has 1 fully saturated rings. The van der Waals surface area contributed by atoms with Gasteiger partial charge in [-0.05, 0) is 76.9 Å². The zero-order valence-electron chi connectivity index (χ0n) is 19.0. The standard InChI is InChI=1S/C24H29N5O3/c1-16(2)32-21-7-5-19(6-8-21)24(31)27-13-11-20(12-14-27)29-23(30)10-9-22(26-29)28-18(4)15-17(3)25-28/h5-10,15-16,20H,11-14H2,1-4H3. The van der Waals surface area contributed by atoms with Gasteiger partial charge in [0, 0.05) is 30.4 Å². The summed E-state index contributed by atoms with van der Waals surface area (Å²) in [6, 6.07) is 12.4. The average Bonchev–Trinajstić information content (AvgIpc) is 3.12. The van der Waals surface area contributed by atoms with Gasteiger partial charge in [-0.1, -0.05) is 0 Å². The molecule has 2 aromatic heterocycles. The number of aromatic nitrogens is 4. The Morgan fingerprint density at radius 1 is 1.03 bits per heavy atom. The quantitative estimate of drug-likeness (QED) is 0.614. The second-order valence-electron chi connectivity index (χ2n) is 8.53. The lowest BCUT2D eigenvalue weighted by Gasteiger charge is -2.32. The number of aryl methyl sites for hydroxylation is 2. The van der Waals surface area contributed by atoms with Crippen molar-refractivity contribution in [1.82, 2.24) is 24.5 Å². The smallest absolute Gasteiger partial charge is 0.267 e. The lowest BCUT2D eigenvalue weighted by molar-refractivity contribution is 0.0688. The Labute approximate surface area is 187 Å². The summed E-state index contributed by atoms with van der Waals surface area (Å²) < 4.78 is 8.94. The van der Waals surface area contributed by atoms with E-state index in [1.54, 1.807) is 27.6 Å². The van der Waals surface area contributed by atoms with Gasteiger partial charge in [-0.2, -0.15) is 5.10 Å². The second-order valence-corrected chi connectivity index (χ2v) is 8.53. The van der Waals surface area contributed by atoms with Gasteiger partial charge >= 0.3 is 0 Å². The van der Waals surface area contributed by atoms with E-state index in [0.29, 0.717) is 37.3 Å². The number of rotatable bonds is 5. The summed E-state index contributed by atoms with van der Waals surface area (Å²) in [6.45, 7) is 8.98. The molecule has 1 amide bonds. The number of nitrogens with zero attached hydrogens (tertiary/aromatic N) is 5. The molecule has 8 nitrogen and oxygen atoms in total. The van der Waals surface area contributed by atoms with Crippen molar-refractivity contribution in [2.75, 3.05) is 13.1 Å². The van der Waals surface area contributed by atoms with Crippen LogP contribution in [-0.2, 0) is 0 Å². The third-order valence-corrected chi connectivity index (χ3v) is 5.61. The van der Waals surface area contributed by atoms with Gasteiger partial charge in [0.1, 0.15) is 5.75 Å². The largest absolute Gasteiger partial charge is 0.491 e. The Kier molecular flexibility index (Phi) is 6.12. The van der Waals surface area contributed by atoms with Gasteiger partial charge in [-0.3, -0.25) is 9.59 Å². The van der Waals surface area contributed by atoms with Crippen molar-refractivity contribution in [1.29, 1.82) is 0 Å². The van der Waals surface area contributed by atoms with E-state index < -0.39 is 0 Å². The summed E-state index contributed by atoms with van der Waals surface area (Å²) in [7, 11) is 0. The van der Waals surface area contributed by atoms with Crippen molar-refractivity contribution in [3.8, 4) is 11.6 Å². The maximum Gasteiger partial charge on any atom is 0.267 e. The van der Waals surface area contributed by atoms with Crippen LogP contribution >= 0.6 is 0 Å². The fourth-order valence-corrected chi connectivity index (χ4v) is 4.09. The van der Waals surface area contributed by atoms with E-state index in [4.69, 9.17) is 4.74 Å². The molecule has 32 heavy (non-hydrogen) atoms. The molecular weight excluding hydrogens is 406 g/mol. The first-order valence-corrected chi connectivity index (χ1v) is 11.0. The van der Waals surface area contributed by atoms with Crippen molar-refractivity contribution in [2.45, 2.75) is 52.7 Å². The van der Waals surface area contributed by atoms with Crippen LogP contribution in [0.25, 0.3) is 5.82 Å². The molecule has 0 saturated carbocycles. The zero-order chi connectivity index (χ0) is 22.8. The number of hydrogen-bond donors (Lipinski definition) is 0. The predicted molar refractivity (Wildman–Crippen MR) is 121 cm³/mol. The highest BCUT2D eigenvalue weighted by molar-refractivity contribution is 5.94. The van der Waals surface area contributed by atoms with Crippen molar-refractivity contribution in [3.05, 3.63) is 69.8 Å². The van der Waals surface area contributed by atoms with Crippen LogP contribution in [0.1, 0.15) is 54.5 Å². The van der Waals surface area contributed by atoms with Gasteiger partial charge in [-0.25, -0.2) is 9.36 Å². The predicted octanol–water partition coefficient (Wildman–Crippen LogP) is 3.31. The summed E-state index contributed by atoms with van der Waals surface area (Å²) in [5, 5.41) is 9.05. The molecule has 4 rings (SSSR count). The molecule has 1 saturated heterocycles. The van der Waals surface area contributed by atoms with Gasteiger partial charge in [0.15, 0.2) is 5.82 Å². The molecule has 0 atom stereocenters. The van der Waals surface area contributed by atoms with E-state index in [2.05, 4.69) is 10.2 Å². The molecule has 1 aliphatic heterocycles. The minimum absolute atomic E-state index is 0.00348. The van der Waals surface area contributed by atoms with Gasteiger partial charge in [0.05, 0.1) is 17.8 Å². The highest BCUT2D eigenvalue weighted by atomic mass is 16.5. The minimum atomic E-state index is -0.138. The minimum Gasteiger partial charge on any atom is -0.491 e. The lowest BCUT2D eigenvalue weighted by Crippen LogP contribution is -2.41. The van der Waals surface area contributed by atoms with E-state index >= 15 is 0 Å². The van der Waals surface area contributed by atoms with Gasteiger partial charge < -0.3 is 9.64 Å². The normalized spacial score (nSPS) is 14.7. The molecular formula is C24H29N5O3. The number of amides is 1. The molecule has 0 N–H and O–H groups in total. The Morgan fingerprint density at radius 2 is 1.72 bits per heavy atom. The number of benzene rings is 1. The SMILES string of the molecule is Cc1cc(C)n(-c2ccc(=O)n(C3CCN(C(=O)c4ccc(OC(C)C)cc4)CC3)n2)n1. The molecule has 0 spiro atoms. The average molecular weight is 436 g/mol. The molecule has 8 heteroatoms. The molecule has 0 aliphatic carbocycles. The summed E-state index contributed by atoms with van der Waals surface area (Å²) in [5.74, 6) is 1.37. The molecule has 1 aromatic carbocycles. The highest BCUT2D eigenvalue weighted by Gasteiger charge is 2.26. The first-order chi connectivity index (χ1) is 15.3. The van der Waals surface area contributed by atoms with Crippen LogP contribution in [0.15, 0.2) is 47.3 Å². The van der Waals surface area contributed by atoms with Crippen molar-refractivity contribution >= 4 is 5.91 Å². The Bertz CT molecular complexity index is 1160. The van der Waals surface area contributed by atoms with Crippen LogP contribution in [0, 0.1) is 13.8 Å². The molecule has 168 valence electrons. The van der Waals surface area contributed by atoms with Crippen LogP contribution in [-0.4, -0.2) is 49.6 Å². The zero-order valence-corrected chi connectivity index (χ0v) is 19.0. The van der Waals surface area contributed by atoms with Crippen molar-refractivity contribution < 1.29 is 9.53 Å². The first-order valence-electron chi connectivity index (χ1n) is 11.0. The van der Waals surface area contributed by atoms with Crippen LogP contribution in [0.2, 0.25) is 0 Å². The summed E-state index contributed by atoms with van der Waals surface area (Å²) >= 11 is 0. The third kappa shape index (κ3) is 4.59. The molecule has 0 unspecified atom stereocenters. The maximum atomic E-state index is 12.9. The van der Waals surface area contributed by atoms with E-state index in [1.165, 1.54) is 6.07 Å². The Morgan fingerprint density at radius 3 is 2.31 bits per heavy atom. The maximum absolute atomic E-state index is 12.9. The van der Waals surface area contributed by atoms with E-state index in [-0.39, 0.29) is 23.6 Å². The van der Waals surface area contributed by atoms with Crippen molar-refractivity contribution in [3.63, 3.8) is 0 Å². The monoisotopic (exact) mass is 435 g/mol. The topological polar surface area (TPSA) is 82.2 Å². The van der Waals surface area contributed by atoms with Gasteiger partial charge in [0.2, 0.25) is 0 Å². The molecule has 3 aromatic rings. The van der Waals surface area contributed by atoms with Crippen molar-refractivity contribution in [2.24, 2.45) is 0 Å². The fourth-order valence-electron chi connectivity index (χ4n) is 4.09. The van der Waals surface area contributed by atoms with Crippen LogP contribution < -0.4 is 10.3 Å². The molecule has 1 aliphatic rings. The van der Waals surface area contributed by atoms with Gasteiger partial charge in [0.25, 0.3) is 11.5 Å². The summed E-state index contributed by atoms with van der Waals surface area (Å²) in [4.78, 5) is 27.3. The number of hydrogen-bond acceptors (Lipinski definition) is 5. The molecule has 3 heterocycles. The van der Waals surface area contributed by atoms with Crippen LogP contribution in [0.4, 0.5) is 0 Å². The number of piperidine rings is 1. The number of carbonyl (C=O) groups is 1. The van der Waals surface area contributed by atoms with E-state index in [1.807, 2.05) is 50.8 Å². The Balaban J connectivity index is 1.44. The third-order valence-electron chi connectivity index (χ3n) is 5.61. The Hall–Kier alpha value is -3.42. The number of carbonyl (C=O) groups excluding carboxylic acids is 1. The summed E-state index contributed by atoms with van der Waals surface area (Å²) in [5.41, 5.74) is 2.37. The van der Waals surface area contributed by atoms with E-state index in [9.17, 15) is 9.59 Å². The second kappa shape index (κ2) is 8.98. The number of ether oxygens (including phenoxy) is 1. The summed E-state index contributed by atoms with van der Waals surface area (Å²) in [6.07, 6.45) is 1.44. The number of likely N-dealkylation sites (tertiary alicyclic amines) is 1. The molecule has 0 radical (unpaired) electrons. The van der Waals surface area contributed by atoms with Crippen LogP contribution in [0.5, 0.6) is 5.75 Å². The fraction of sp³-hybridized carbons (Fsp3) is 0.417. The van der Waals surface area contributed by atoms with Crippen LogP contribution in [0.3, 0.4) is 0 Å². The first kappa shape index (κ1) is 21.8. The molecule has 0 bridgehead atoms. The van der Waals surface area contributed by atoms with Gasteiger partial charge in [-0.15, -0.1) is 5.10 Å². The van der Waals surface area contributed by atoms with E-state index in [0.717, 1.165) is 17.1 Å². The lowest BCUT2D eigenvalue weighted by atomic mass is 10.0. The highest BCUT2D eigenvalue weighted by Crippen LogP contribution is 2.23.